The van der Waals surface area contributed by atoms with Gasteiger partial charge in [0.05, 0.1) is 0 Å². The molecule has 1 aromatic heterocycles. The van der Waals surface area contributed by atoms with E-state index in [4.69, 9.17) is 5.73 Å². The zero-order valence-electron chi connectivity index (χ0n) is 9.84. The van der Waals surface area contributed by atoms with Crippen LogP contribution in [0.15, 0.2) is 18.2 Å². The van der Waals surface area contributed by atoms with Crippen molar-refractivity contribution in [3.8, 4) is 0 Å². The first-order chi connectivity index (χ1) is 7.50. The molecule has 0 fully saturated rings. The highest BCUT2D eigenvalue weighted by Crippen LogP contribution is 2.30. The lowest BCUT2D eigenvalue weighted by atomic mass is 9.94. The summed E-state index contributed by atoms with van der Waals surface area (Å²) in [4.78, 5) is 3.24. The molecule has 2 aromatic rings. The molecule has 1 aromatic carbocycles. The molecular weight excluding hydrogens is 203 g/mol. The number of H-pyrrole nitrogens is 1. The largest absolute Gasteiger partial charge is 0.358 e. The molecule has 1 atom stereocenters. The Hall–Kier alpha value is -1.35. The van der Waals surface area contributed by atoms with E-state index in [1.54, 1.807) is 12.1 Å². The van der Waals surface area contributed by atoms with Crippen LogP contribution in [-0.4, -0.2) is 4.98 Å². The summed E-state index contributed by atoms with van der Waals surface area (Å²) in [5.74, 6) is 0.115. The van der Waals surface area contributed by atoms with E-state index < -0.39 is 0 Å². The van der Waals surface area contributed by atoms with Gasteiger partial charge < -0.3 is 10.7 Å². The predicted octanol–water partition coefficient (Wildman–Crippen LogP) is 3.27. The number of halogens is 1. The zero-order valence-corrected chi connectivity index (χ0v) is 9.84. The number of hydrogen-bond donors (Lipinski definition) is 2. The van der Waals surface area contributed by atoms with Gasteiger partial charge in [-0.25, -0.2) is 4.39 Å². The Balaban J connectivity index is 2.67. The molecule has 0 spiro atoms. The number of rotatable bonds is 2. The average Bonchev–Trinajstić information content (AvgIpc) is 2.52. The fourth-order valence-corrected chi connectivity index (χ4v) is 2.08. The first-order valence-corrected chi connectivity index (χ1v) is 5.54. The lowest BCUT2D eigenvalue weighted by Gasteiger charge is -2.16. The second-order valence-corrected chi connectivity index (χ2v) is 4.62. The molecule has 0 aliphatic heterocycles. The Bertz CT molecular complexity index is 514. The molecule has 16 heavy (non-hydrogen) atoms. The number of aryl methyl sites for hydroxylation is 1. The highest BCUT2D eigenvalue weighted by Gasteiger charge is 2.18. The maximum Gasteiger partial charge on any atom is 0.123 e. The molecule has 2 nitrogen and oxygen atoms in total. The maximum atomic E-state index is 13.2. The van der Waals surface area contributed by atoms with Crippen LogP contribution in [0.3, 0.4) is 0 Å². The molecule has 0 saturated heterocycles. The second kappa shape index (κ2) is 3.91. The normalized spacial score (nSPS) is 13.6. The molecule has 0 saturated carbocycles. The van der Waals surface area contributed by atoms with Gasteiger partial charge in [0.25, 0.3) is 0 Å². The smallest absolute Gasteiger partial charge is 0.123 e. The Labute approximate surface area is 94.7 Å². The van der Waals surface area contributed by atoms with Crippen LogP contribution in [0.4, 0.5) is 4.39 Å². The molecule has 1 heterocycles. The average molecular weight is 220 g/mol. The predicted molar refractivity (Wildman–Crippen MR) is 64.8 cm³/mol. The third-order valence-electron chi connectivity index (χ3n) is 3.05. The van der Waals surface area contributed by atoms with Gasteiger partial charge in [0, 0.05) is 22.6 Å². The van der Waals surface area contributed by atoms with Crippen molar-refractivity contribution in [1.82, 2.24) is 4.98 Å². The zero-order chi connectivity index (χ0) is 11.9. The summed E-state index contributed by atoms with van der Waals surface area (Å²) >= 11 is 0. The molecule has 0 bridgehead atoms. The monoisotopic (exact) mass is 220 g/mol. The summed E-state index contributed by atoms with van der Waals surface area (Å²) in [6, 6.07) is 4.71. The minimum absolute atomic E-state index is 0.0597. The van der Waals surface area contributed by atoms with Crippen molar-refractivity contribution in [2.45, 2.75) is 26.8 Å². The lowest BCUT2D eigenvalue weighted by Crippen LogP contribution is -2.17. The van der Waals surface area contributed by atoms with Gasteiger partial charge in [-0.2, -0.15) is 0 Å². The van der Waals surface area contributed by atoms with Gasteiger partial charge in [0.1, 0.15) is 5.82 Å². The Morgan fingerprint density at radius 2 is 2.00 bits per heavy atom. The van der Waals surface area contributed by atoms with Gasteiger partial charge in [-0.05, 0) is 36.6 Å². The summed E-state index contributed by atoms with van der Waals surface area (Å²) in [5.41, 5.74) is 9.17. The van der Waals surface area contributed by atoms with E-state index in [-0.39, 0.29) is 11.9 Å². The highest BCUT2D eigenvalue weighted by atomic mass is 19.1. The molecule has 0 aliphatic carbocycles. The van der Waals surface area contributed by atoms with E-state index in [1.165, 1.54) is 6.07 Å². The van der Waals surface area contributed by atoms with Crippen LogP contribution in [0, 0.1) is 18.7 Å². The van der Waals surface area contributed by atoms with Crippen molar-refractivity contribution in [2.24, 2.45) is 11.7 Å². The number of fused-ring (bicyclic) bond motifs is 1. The molecule has 0 amide bonds. The summed E-state index contributed by atoms with van der Waals surface area (Å²) in [6.07, 6.45) is 0. The van der Waals surface area contributed by atoms with Gasteiger partial charge in [-0.15, -0.1) is 0 Å². The van der Waals surface area contributed by atoms with Gasteiger partial charge in [-0.3, -0.25) is 0 Å². The Morgan fingerprint density at radius 3 is 2.62 bits per heavy atom. The topological polar surface area (TPSA) is 41.8 Å². The summed E-state index contributed by atoms with van der Waals surface area (Å²) < 4.78 is 13.2. The van der Waals surface area contributed by atoms with Crippen LogP contribution in [0.25, 0.3) is 10.9 Å². The molecule has 0 radical (unpaired) electrons. The number of benzene rings is 1. The quantitative estimate of drug-likeness (QED) is 0.801. The molecule has 3 N–H and O–H groups in total. The highest BCUT2D eigenvalue weighted by molar-refractivity contribution is 5.85. The minimum Gasteiger partial charge on any atom is -0.358 e. The number of nitrogens with two attached hydrogens (primary N) is 1. The second-order valence-electron chi connectivity index (χ2n) is 4.62. The number of nitrogens with one attached hydrogen (secondary N) is 1. The third kappa shape index (κ3) is 1.71. The fourth-order valence-electron chi connectivity index (χ4n) is 2.08. The number of aromatic nitrogens is 1. The van der Waals surface area contributed by atoms with E-state index in [9.17, 15) is 4.39 Å². The van der Waals surface area contributed by atoms with Crippen LogP contribution in [0.2, 0.25) is 0 Å². The molecule has 0 aliphatic rings. The molecule has 2 rings (SSSR count). The van der Waals surface area contributed by atoms with E-state index in [0.717, 1.165) is 22.2 Å². The third-order valence-corrected chi connectivity index (χ3v) is 3.05. The fraction of sp³-hybridized carbons (Fsp3) is 0.385. The first kappa shape index (κ1) is 11.1. The van der Waals surface area contributed by atoms with Crippen LogP contribution in [0.1, 0.15) is 31.1 Å². The van der Waals surface area contributed by atoms with Crippen molar-refractivity contribution in [3.63, 3.8) is 0 Å². The van der Waals surface area contributed by atoms with Crippen molar-refractivity contribution in [3.05, 3.63) is 35.3 Å². The van der Waals surface area contributed by atoms with Crippen molar-refractivity contribution >= 4 is 10.9 Å². The molecule has 3 heteroatoms. The van der Waals surface area contributed by atoms with Gasteiger partial charge in [0.15, 0.2) is 0 Å². The van der Waals surface area contributed by atoms with Crippen molar-refractivity contribution in [1.29, 1.82) is 0 Å². The standard InChI is InChI=1S/C13H17FN2/c1-7(2)13(15)12-8(3)16-11-5-4-9(14)6-10(11)12/h4-7,13,16H,15H2,1-3H3. The summed E-state index contributed by atoms with van der Waals surface area (Å²) in [5, 5.41) is 0.902. The SMILES string of the molecule is Cc1[nH]c2ccc(F)cc2c1C(N)C(C)C. The van der Waals surface area contributed by atoms with Gasteiger partial charge in [-0.1, -0.05) is 13.8 Å². The van der Waals surface area contributed by atoms with E-state index >= 15 is 0 Å². The molecule has 86 valence electrons. The van der Waals surface area contributed by atoms with E-state index in [1.807, 2.05) is 6.92 Å². The Morgan fingerprint density at radius 1 is 1.31 bits per heavy atom. The van der Waals surface area contributed by atoms with E-state index in [0.29, 0.717) is 5.92 Å². The van der Waals surface area contributed by atoms with Crippen molar-refractivity contribution in [2.75, 3.05) is 0 Å². The van der Waals surface area contributed by atoms with Crippen LogP contribution >= 0.6 is 0 Å². The number of hydrogen-bond acceptors (Lipinski definition) is 1. The van der Waals surface area contributed by atoms with Crippen LogP contribution < -0.4 is 5.73 Å². The van der Waals surface area contributed by atoms with E-state index in [2.05, 4.69) is 18.8 Å². The summed E-state index contributed by atoms with van der Waals surface area (Å²) in [7, 11) is 0. The Kier molecular flexibility index (Phi) is 2.72. The van der Waals surface area contributed by atoms with Crippen LogP contribution in [-0.2, 0) is 0 Å². The number of aromatic amines is 1. The van der Waals surface area contributed by atoms with Gasteiger partial charge >= 0.3 is 0 Å². The van der Waals surface area contributed by atoms with Crippen LogP contribution in [0.5, 0.6) is 0 Å². The van der Waals surface area contributed by atoms with Gasteiger partial charge in [0.2, 0.25) is 0 Å². The minimum atomic E-state index is -0.219. The molecule has 1 unspecified atom stereocenters. The maximum absolute atomic E-state index is 13.2. The molecular formula is C13H17FN2. The summed E-state index contributed by atoms with van der Waals surface area (Å²) in [6.45, 7) is 6.12. The lowest BCUT2D eigenvalue weighted by molar-refractivity contribution is 0.515. The first-order valence-electron chi connectivity index (χ1n) is 5.54. The van der Waals surface area contributed by atoms with Crippen molar-refractivity contribution < 1.29 is 4.39 Å².